The van der Waals surface area contributed by atoms with E-state index < -0.39 is 0 Å². The van der Waals surface area contributed by atoms with Gasteiger partial charge in [0.05, 0.1) is 0 Å². The van der Waals surface area contributed by atoms with Gasteiger partial charge in [0.25, 0.3) is 0 Å². The topological polar surface area (TPSA) is 0 Å². The number of hydrogen-bond acceptors (Lipinski definition) is 1. The Labute approximate surface area is 134 Å². The highest BCUT2D eigenvalue weighted by atomic mass is 79.9. The summed E-state index contributed by atoms with van der Waals surface area (Å²) in [7, 11) is 0. The maximum atomic E-state index is 3.92. The molecule has 0 radical (unpaired) electrons. The van der Waals surface area contributed by atoms with Gasteiger partial charge in [-0.15, -0.1) is 11.3 Å². The Hall–Kier alpha value is -0.600. The Bertz CT molecular complexity index is 505. The van der Waals surface area contributed by atoms with Crippen molar-refractivity contribution in [1.82, 2.24) is 0 Å². The molecule has 1 aromatic carbocycles. The third kappa shape index (κ3) is 3.53. The van der Waals surface area contributed by atoms with Crippen LogP contribution in [0.3, 0.4) is 0 Å². The zero-order chi connectivity index (χ0) is 13.8. The average molecular weight is 349 g/mol. The first kappa shape index (κ1) is 14.3. The summed E-state index contributed by atoms with van der Waals surface area (Å²) in [6, 6.07) is 15.5. The van der Waals surface area contributed by atoms with Gasteiger partial charge in [-0.2, -0.15) is 0 Å². The number of benzene rings is 1. The molecule has 0 bridgehead atoms. The van der Waals surface area contributed by atoms with E-state index in [0.29, 0.717) is 4.83 Å². The minimum atomic E-state index is 0.711. The zero-order valence-corrected chi connectivity index (χ0v) is 14.1. The highest BCUT2D eigenvalue weighted by molar-refractivity contribution is 9.09. The Morgan fingerprint density at radius 3 is 2.65 bits per heavy atom. The summed E-state index contributed by atoms with van der Waals surface area (Å²) in [5, 5.41) is 2.19. The highest BCUT2D eigenvalue weighted by Gasteiger charge is 2.29. The van der Waals surface area contributed by atoms with Crippen LogP contribution in [-0.2, 0) is 6.42 Å². The van der Waals surface area contributed by atoms with Gasteiger partial charge in [0.2, 0.25) is 0 Å². The van der Waals surface area contributed by atoms with Crippen molar-refractivity contribution in [2.75, 3.05) is 0 Å². The lowest BCUT2D eigenvalue weighted by molar-refractivity contribution is 0.321. The van der Waals surface area contributed by atoms with Gasteiger partial charge in [-0.05, 0) is 60.9 Å². The van der Waals surface area contributed by atoms with Crippen LogP contribution in [0.4, 0.5) is 0 Å². The third-order valence-electron chi connectivity index (χ3n) is 4.50. The van der Waals surface area contributed by atoms with Crippen LogP contribution in [0.1, 0.15) is 42.0 Å². The number of aryl methyl sites for hydroxylation is 1. The maximum absolute atomic E-state index is 3.92. The highest BCUT2D eigenvalue weighted by Crippen LogP contribution is 2.41. The zero-order valence-electron chi connectivity index (χ0n) is 11.7. The summed E-state index contributed by atoms with van der Waals surface area (Å²) in [6.07, 6.45) is 6.54. The molecular weight excluding hydrogens is 328 g/mol. The molecule has 0 saturated heterocycles. The first-order chi connectivity index (χ1) is 9.83. The molecule has 0 spiro atoms. The van der Waals surface area contributed by atoms with Crippen LogP contribution in [0.5, 0.6) is 0 Å². The lowest BCUT2D eigenvalue weighted by Gasteiger charge is -2.33. The smallest absolute Gasteiger partial charge is 0.0174 e. The molecule has 106 valence electrons. The molecule has 1 fully saturated rings. The molecule has 0 aliphatic heterocycles. The van der Waals surface area contributed by atoms with E-state index in [4.69, 9.17) is 0 Å². The minimum Gasteiger partial charge on any atom is -0.149 e. The Balaban J connectivity index is 1.61. The predicted molar refractivity (Wildman–Crippen MR) is 91.9 cm³/mol. The normalized spacial score (nSPS) is 26.6. The molecule has 1 heterocycles. The van der Waals surface area contributed by atoms with Crippen LogP contribution < -0.4 is 0 Å². The van der Waals surface area contributed by atoms with E-state index in [1.165, 1.54) is 42.5 Å². The molecule has 1 aliphatic carbocycles. The SMILES string of the molecule is BrC1CCC(c2ccccc2)CC1CCc1cccs1. The number of alkyl halides is 1. The number of halogens is 1. The summed E-state index contributed by atoms with van der Waals surface area (Å²) in [4.78, 5) is 2.24. The number of hydrogen-bond donors (Lipinski definition) is 0. The van der Waals surface area contributed by atoms with Gasteiger partial charge >= 0.3 is 0 Å². The molecule has 3 unspecified atom stereocenters. The second kappa shape index (κ2) is 6.91. The van der Waals surface area contributed by atoms with E-state index in [-0.39, 0.29) is 0 Å². The predicted octanol–water partition coefficient (Wildman–Crippen LogP) is 6.03. The van der Waals surface area contributed by atoms with E-state index in [1.807, 2.05) is 11.3 Å². The van der Waals surface area contributed by atoms with E-state index in [2.05, 4.69) is 63.8 Å². The van der Waals surface area contributed by atoms with Crippen molar-refractivity contribution < 1.29 is 0 Å². The van der Waals surface area contributed by atoms with Crippen molar-refractivity contribution in [3.05, 3.63) is 58.3 Å². The van der Waals surface area contributed by atoms with Crippen molar-refractivity contribution in [2.45, 2.75) is 42.8 Å². The fraction of sp³-hybridized carbons (Fsp3) is 0.444. The second-order valence-corrected chi connectivity index (χ2v) is 8.02. The fourth-order valence-corrected chi connectivity index (χ4v) is 4.81. The molecule has 0 N–H and O–H groups in total. The monoisotopic (exact) mass is 348 g/mol. The second-order valence-electron chi connectivity index (χ2n) is 5.81. The van der Waals surface area contributed by atoms with Gasteiger partial charge in [0, 0.05) is 9.70 Å². The number of rotatable bonds is 4. The lowest BCUT2D eigenvalue weighted by Crippen LogP contribution is -2.24. The van der Waals surface area contributed by atoms with Crippen LogP contribution in [0, 0.1) is 5.92 Å². The summed E-state index contributed by atoms with van der Waals surface area (Å²) in [6.45, 7) is 0. The summed E-state index contributed by atoms with van der Waals surface area (Å²) in [5.74, 6) is 1.58. The van der Waals surface area contributed by atoms with E-state index >= 15 is 0 Å². The molecule has 2 heteroatoms. The maximum Gasteiger partial charge on any atom is 0.0174 e. The molecule has 20 heavy (non-hydrogen) atoms. The summed E-state index contributed by atoms with van der Waals surface area (Å²) >= 11 is 5.82. The van der Waals surface area contributed by atoms with Crippen molar-refractivity contribution in [3.63, 3.8) is 0 Å². The van der Waals surface area contributed by atoms with Crippen LogP contribution in [0.2, 0.25) is 0 Å². The standard InChI is InChI=1S/C18H21BrS/c19-18-11-9-15(14-5-2-1-3-6-14)13-16(18)8-10-17-7-4-12-20-17/h1-7,12,15-16,18H,8-11,13H2. The lowest BCUT2D eigenvalue weighted by atomic mass is 9.76. The van der Waals surface area contributed by atoms with E-state index in [9.17, 15) is 0 Å². The van der Waals surface area contributed by atoms with Crippen LogP contribution >= 0.6 is 27.3 Å². The summed E-state index contributed by atoms with van der Waals surface area (Å²) in [5.41, 5.74) is 1.54. The molecular formula is C18H21BrS. The van der Waals surface area contributed by atoms with Gasteiger partial charge in [-0.1, -0.05) is 52.3 Å². The van der Waals surface area contributed by atoms with Crippen molar-refractivity contribution >= 4 is 27.3 Å². The molecule has 1 aliphatic rings. The Kier molecular flexibility index (Phi) is 4.95. The third-order valence-corrected chi connectivity index (χ3v) is 6.64. The largest absolute Gasteiger partial charge is 0.149 e. The van der Waals surface area contributed by atoms with E-state index in [0.717, 1.165) is 11.8 Å². The first-order valence-corrected chi connectivity index (χ1v) is 9.34. The van der Waals surface area contributed by atoms with Gasteiger partial charge < -0.3 is 0 Å². The molecule has 3 rings (SSSR count). The van der Waals surface area contributed by atoms with Gasteiger partial charge in [-0.25, -0.2) is 0 Å². The molecule has 1 aromatic heterocycles. The van der Waals surface area contributed by atoms with Crippen LogP contribution in [-0.4, -0.2) is 4.83 Å². The van der Waals surface area contributed by atoms with Crippen molar-refractivity contribution in [2.24, 2.45) is 5.92 Å². The van der Waals surface area contributed by atoms with E-state index in [1.54, 1.807) is 0 Å². The van der Waals surface area contributed by atoms with Crippen LogP contribution in [0.25, 0.3) is 0 Å². The van der Waals surface area contributed by atoms with Gasteiger partial charge in [0.15, 0.2) is 0 Å². The van der Waals surface area contributed by atoms with Crippen molar-refractivity contribution in [1.29, 1.82) is 0 Å². The van der Waals surface area contributed by atoms with Gasteiger partial charge in [-0.3, -0.25) is 0 Å². The van der Waals surface area contributed by atoms with Crippen molar-refractivity contribution in [3.8, 4) is 0 Å². The summed E-state index contributed by atoms with van der Waals surface area (Å²) < 4.78 is 0. The molecule has 1 saturated carbocycles. The minimum absolute atomic E-state index is 0.711. The first-order valence-electron chi connectivity index (χ1n) is 7.54. The fourth-order valence-electron chi connectivity index (χ4n) is 3.34. The Morgan fingerprint density at radius 1 is 1.05 bits per heavy atom. The van der Waals surface area contributed by atoms with Crippen LogP contribution in [0.15, 0.2) is 47.8 Å². The van der Waals surface area contributed by atoms with Gasteiger partial charge in [0.1, 0.15) is 0 Å². The molecule has 0 amide bonds. The molecule has 3 atom stereocenters. The molecule has 0 nitrogen and oxygen atoms in total. The molecule has 2 aromatic rings. The average Bonchev–Trinajstić information content (AvgIpc) is 3.01. The Morgan fingerprint density at radius 2 is 1.90 bits per heavy atom. The quantitative estimate of drug-likeness (QED) is 0.591. The number of thiophene rings is 1.